The molecule has 3 N–H and O–H groups in total. The molecule has 0 fully saturated rings. The molecule has 0 aliphatic carbocycles. The van der Waals surface area contributed by atoms with Crippen molar-refractivity contribution in [3.63, 3.8) is 0 Å². The van der Waals surface area contributed by atoms with Crippen LogP contribution in [0.15, 0.2) is 53.6 Å². The van der Waals surface area contributed by atoms with Gasteiger partial charge in [-0.1, -0.05) is 29.8 Å². The van der Waals surface area contributed by atoms with Gasteiger partial charge in [-0.05, 0) is 95.9 Å². The van der Waals surface area contributed by atoms with E-state index in [1.807, 2.05) is 19.9 Å². The molecule has 10 heteroatoms. The summed E-state index contributed by atoms with van der Waals surface area (Å²) in [6.45, 7) is 13.7. The highest BCUT2D eigenvalue weighted by Gasteiger charge is 2.24. The summed E-state index contributed by atoms with van der Waals surface area (Å²) in [4.78, 5) is 9.13. The van der Waals surface area contributed by atoms with Crippen LogP contribution in [0.25, 0.3) is 5.57 Å². The lowest BCUT2D eigenvalue weighted by molar-refractivity contribution is 0.243. The van der Waals surface area contributed by atoms with Crippen molar-refractivity contribution in [2.75, 3.05) is 10.6 Å². The topological polar surface area (TPSA) is 105 Å². The Kier molecular flexibility index (Phi) is 9.07. The van der Waals surface area contributed by atoms with Crippen molar-refractivity contribution < 1.29 is 13.2 Å². The minimum atomic E-state index is -3.53. The first-order chi connectivity index (χ1) is 18.8. The van der Waals surface area contributed by atoms with Crippen LogP contribution in [0.3, 0.4) is 0 Å². The van der Waals surface area contributed by atoms with E-state index < -0.39 is 15.1 Å². The summed E-state index contributed by atoms with van der Waals surface area (Å²) in [5, 5.41) is 9.61. The molecular formula is C30H38ClN5O3S. The van der Waals surface area contributed by atoms with Crippen molar-refractivity contribution >= 4 is 50.2 Å². The van der Waals surface area contributed by atoms with Crippen LogP contribution in [0.4, 0.5) is 23.1 Å². The number of hydrogen-bond donors (Lipinski definition) is 3. The molecule has 0 saturated heterocycles. The van der Waals surface area contributed by atoms with Gasteiger partial charge in [0.2, 0.25) is 5.95 Å². The van der Waals surface area contributed by atoms with E-state index in [1.165, 1.54) is 11.8 Å². The molecule has 40 heavy (non-hydrogen) atoms. The van der Waals surface area contributed by atoms with Crippen molar-refractivity contribution in [1.29, 1.82) is 0 Å². The Labute approximate surface area is 242 Å². The molecule has 0 spiro atoms. The van der Waals surface area contributed by atoms with E-state index in [4.69, 9.17) is 16.3 Å². The molecule has 8 nitrogen and oxygen atoms in total. The molecule has 4 rings (SSSR count). The van der Waals surface area contributed by atoms with Crippen LogP contribution in [0.5, 0.6) is 5.75 Å². The summed E-state index contributed by atoms with van der Waals surface area (Å²) >= 11 is 6.43. The Morgan fingerprint density at radius 3 is 2.48 bits per heavy atom. The molecule has 0 unspecified atom stereocenters. The second kappa shape index (κ2) is 12.2. The highest BCUT2D eigenvalue weighted by atomic mass is 35.5. The third-order valence-electron chi connectivity index (χ3n) is 6.62. The normalized spacial score (nSPS) is 17.6. The quantitative estimate of drug-likeness (QED) is 0.246. The van der Waals surface area contributed by atoms with Crippen LogP contribution >= 0.6 is 11.6 Å². The Bertz CT molecular complexity index is 1520. The van der Waals surface area contributed by atoms with Gasteiger partial charge in [-0.15, -0.1) is 0 Å². The molecule has 0 saturated carbocycles. The van der Waals surface area contributed by atoms with Crippen molar-refractivity contribution in [1.82, 2.24) is 15.3 Å². The number of halogens is 1. The first-order valence-electron chi connectivity index (χ1n) is 13.5. The minimum Gasteiger partial charge on any atom is -0.489 e. The smallest absolute Gasteiger partial charge is 0.229 e. The second-order valence-electron chi connectivity index (χ2n) is 10.8. The summed E-state index contributed by atoms with van der Waals surface area (Å²) in [6, 6.07) is 11.5. The maximum absolute atomic E-state index is 12.9. The monoisotopic (exact) mass is 583 g/mol. The lowest BCUT2D eigenvalue weighted by Crippen LogP contribution is -2.36. The number of aryl methyl sites for hydroxylation is 1. The van der Waals surface area contributed by atoms with Gasteiger partial charge in [0.15, 0.2) is 15.7 Å². The van der Waals surface area contributed by atoms with Crippen molar-refractivity contribution in [3.05, 3.63) is 64.8 Å². The molecule has 0 radical (unpaired) electrons. The predicted octanol–water partition coefficient (Wildman–Crippen LogP) is 7.05. The van der Waals surface area contributed by atoms with E-state index in [-0.39, 0.29) is 21.8 Å². The van der Waals surface area contributed by atoms with Gasteiger partial charge in [0.1, 0.15) is 10.8 Å². The molecular weight excluding hydrogens is 546 g/mol. The van der Waals surface area contributed by atoms with Crippen molar-refractivity contribution in [3.8, 4) is 5.75 Å². The van der Waals surface area contributed by atoms with E-state index >= 15 is 0 Å². The molecule has 214 valence electrons. The van der Waals surface area contributed by atoms with E-state index in [0.29, 0.717) is 29.5 Å². The van der Waals surface area contributed by atoms with Crippen LogP contribution in [-0.2, 0) is 9.84 Å². The van der Waals surface area contributed by atoms with Gasteiger partial charge in [-0.2, -0.15) is 4.98 Å². The predicted molar refractivity (Wildman–Crippen MR) is 164 cm³/mol. The minimum absolute atomic E-state index is 0.0428. The van der Waals surface area contributed by atoms with Crippen LogP contribution < -0.4 is 20.7 Å². The number of nitrogens with one attached hydrogen (secondary N) is 3. The van der Waals surface area contributed by atoms with E-state index in [2.05, 4.69) is 58.8 Å². The fraction of sp³-hybridized carbons (Fsp3) is 0.400. The maximum Gasteiger partial charge on any atom is 0.229 e. The third-order valence-corrected chi connectivity index (χ3v) is 9.10. The summed E-state index contributed by atoms with van der Waals surface area (Å²) in [6.07, 6.45) is 4.64. The molecule has 0 amide bonds. The fourth-order valence-corrected chi connectivity index (χ4v) is 6.11. The molecule has 1 aliphatic rings. The standard InChI is InChI=1S/C30H38ClN5O3S/c1-17(2)39-27-15-23(22-13-20(6)33-21(7)14-22)19(5)12-26(27)35-30-32-16-24(31)29(36-30)34-25-10-8-9-11-28(25)40(37,38)18(3)4/h8-13,15-18,20-21,33H,14H2,1-7H3,(H2,32,34,35,36)/t20-,21-/m0/s1. The molecule has 1 aromatic heterocycles. The summed E-state index contributed by atoms with van der Waals surface area (Å²) in [7, 11) is -3.53. The van der Waals surface area contributed by atoms with Gasteiger partial charge in [-0.25, -0.2) is 13.4 Å². The highest BCUT2D eigenvalue weighted by molar-refractivity contribution is 7.92. The molecule has 2 heterocycles. The number of rotatable bonds is 9. The van der Waals surface area contributed by atoms with Gasteiger partial charge >= 0.3 is 0 Å². The van der Waals surface area contributed by atoms with Crippen LogP contribution in [-0.4, -0.2) is 41.8 Å². The molecule has 2 atom stereocenters. The number of anilines is 4. The van der Waals surface area contributed by atoms with Crippen molar-refractivity contribution in [2.45, 2.75) is 83.2 Å². The van der Waals surface area contributed by atoms with Crippen molar-refractivity contribution in [2.24, 2.45) is 0 Å². The number of para-hydroxylation sites is 1. The maximum atomic E-state index is 12.9. The number of sulfone groups is 1. The largest absolute Gasteiger partial charge is 0.489 e. The molecule has 1 aliphatic heterocycles. The average Bonchev–Trinajstić information content (AvgIpc) is 2.87. The zero-order valence-electron chi connectivity index (χ0n) is 24.0. The van der Waals surface area contributed by atoms with E-state index in [9.17, 15) is 8.42 Å². The fourth-order valence-electron chi connectivity index (χ4n) is 4.77. The van der Waals surface area contributed by atoms with Crippen LogP contribution in [0.2, 0.25) is 5.02 Å². The first kappa shape index (κ1) is 29.8. The summed E-state index contributed by atoms with van der Waals surface area (Å²) < 4.78 is 32.1. The summed E-state index contributed by atoms with van der Waals surface area (Å²) in [5.74, 6) is 1.27. The number of benzene rings is 2. The average molecular weight is 584 g/mol. The number of ether oxygens (including phenoxy) is 1. The Morgan fingerprint density at radius 1 is 1.07 bits per heavy atom. The molecule has 3 aromatic rings. The van der Waals surface area contributed by atoms with Gasteiger partial charge in [0.05, 0.1) is 33.8 Å². The lowest BCUT2D eigenvalue weighted by Gasteiger charge is -2.27. The van der Waals surface area contributed by atoms with Crippen LogP contribution in [0.1, 0.15) is 59.1 Å². The van der Waals surface area contributed by atoms with Gasteiger partial charge in [0.25, 0.3) is 0 Å². The first-order valence-corrected chi connectivity index (χ1v) is 15.5. The molecule has 2 aromatic carbocycles. The Balaban J connectivity index is 1.69. The van der Waals surface area contributed by atoms with Gasteiger partial charge in [-0.3, -0.25) is 0 Å². The van der Waals surface area contributed by atoms with Crippen LogP contribution in [0, 0.1) is 6.92 Å². The third kappa shape index (κ3) is 6.77. The van der Waals surface area contributed by atoms with Gasteiger partial charge in [0, 0.05) is 12.1 Å². The Hall–Kier alpha value is -3.14. The number of aromatic nitrogens is 2. The second-order valence-corrected chi connectivity index (χ2v) is 13.7. The Morgan fingerprint density at radius 2 is 1.80 bits per heavy atom. The summed E-state index contributed by atoms with van der Waals surface area (Å²) in [5.41, 5.74) is 4.67. The number of nitrogens with zero attached hydrogens (tertiary/aromatic N) is 2. The van der Waals surface area contributed by atoms with Gasteiger partial charge < -0.3 is 20.7 Å². The number of hydrogen-bond acceptors (Lipinski definition) is 8. The SMILES string of the molecule is Cc1cc(Nc2ncc(Cl)c(Nc3ccccc3S(=O)(=O)C(C)C)n2)c(OC(C)C)cc1C1=C[C@H](C)N[C@@H](C)C1. The lowest BCUT2D eigenvalue weighted by atomic mass is 9.90. The van der Waals surface area contributed by atoms with E-state index in [0.717, 1.165) is 23.2 Å². The van der Waals surface area contributed by atoms with E-state index in [1.54, 1.807) is 38.1 Å². The molecule has 0 bridgehead atoms. The highest BCUT2D eigenvalue weighted by Crippen LogP contribution is 2.37. The zero-order valence-corrected chi connectivity index (χ0v) is 25.6. The zero-order chi connectivity index (χ0) is 29.2.